The van der Waals surface area contributed by atoms with Gasteiger partial charge >= 0.3 is 0 Å². The molecule has 0 fully saturated rings. The van der Waals surface area contributed by atoms with Gasteiger partial charge in [-0.25, -0.2) is 0 Å². The molecule has 1 aliphatic heterocycles. The number of non-ortho nitro benzene ring substituents is 1. The van der Waals surface area contributed by atoms with E-state index in [1.54, 1.807) is 0 Å². The third-order valence-corrected chi connectivity index (χ3v) is 5.69. The topological polar surface area (TPSA) is 112 Å². The van der Waals surface area contributed by atoms with E-state index in [0.717, 1.165) is 21.9 Å². The molecule has 0 saturated heterocycles. The van der Waals surface area contributed by atoms with Crippen molar-refractivity contribution in [3.8, 4) is 17.1 Å². The Balaban J connectivity index is 1.43. The van der Waals surface area contributed by atoms with Gasteiger partial charge in [-0.3, -0.25) is 14.9 Å². The second kappa shape index (κ2) is 7.89. The van der Waals surface area contributed by atoms with E-state index in [4.69, 9.17) is 11.6 Å². The van der Waals surface area contributed by atoms with Crippen molar-refractivity contribution < 1.29 is 4.92 Å². The Labute approximate surface area is 186 Å². The minimum atomic E-state index is -0.506. The van der Waals surface area contributed by atoms with E-state index >= 15 is 0 Å². The lowest BCUT2D eigenvalue weighted by molar-refractivity contribution is -0.384. The summed E-state index contributed by atoms with van der Waals surface area (Å²) in [5.41, 5.74) is 1.31. The van der Waals surface area contributed by atoms with Gasteiger partial charge < -0.3 is 9.47 Å². The smallest absolute Gasteiger partial charge is 0.292 e. The van der Waals surface area contributed by atoms with Crippen LogP contribution in [0.3, 0.4) is 0 Å². The zero-order chi connectivity index (χ0) is 22.2. The van der Waals surface area contributed by atoms with Gasteiger partial charge in [0.15, 0.2) is 11.6 Å². The molecule has 11 heteroatoms. The molecule has 3 heterocycles. The maximum absolute atomic E-state index is 12.9. The summed E-state index contributed by atoms with van der Waals surface area (Å²) in [7, 11) is 0. The highest BCUT2D eigenvalue weighted by molar-refractivity contribution is 6.33. The lowest BCUT2D eigenvalue weighted by Gasteiger charge is -2.30. The van der Waals surface area contributed by atoms with Crippen molar-refractivity contribution in [1.29, 1.82) is 0 Å². The molecule has 0 spiro atoms. The number of fused-ring (bicyclic) bond motifs is 1. The third kappa shape index (κ3) is 3.40. The number of nitro benzene ring substituents is 1. The summed E-state index contributed by atoms with van der Waals surface area (Å²) in [5, 5.41) is 23.7. The standard InChI is InChI=1S/C21H16ClN7O3/c22-19-17(12-23-28(21(19)30)15-6-8-16(9-7-15)29(31)32)26-10-11-27-18(13-26)24-25-20(27)14-4-2-1-3-5-14/h1-9,12H,10-11,13H2. The van der Waals surface area contributed by atoms with Gasteiger partial charge in [-0.15, -0.1) is 10.2 Å². The predicted octanol–water partition coefficient (Wildman–Crippen LogP) is 3.07. The number of rotatable bonds is 4. The summed E-state index contributed by atoms with van der Waals surface area (Å²) >= 11 is 6.43. The van der Waals surface area contributed by atoms with Crippen molar-refractivity contribution in [1.82, 2.24) is 24.5 Å². The monoisotopic (exact) mass is 449 g/mol. The highest BCUT2D eigenvalue weighted by Crippen LogP contribution is 2.28. The van der Waals surface area contributed by atoms with Gasteiger partial charge in [-0.05, 0) is 12.1 Å². The quantitative estimate of drug-likeness (QED) is 0.347. The number of hydrogen-bond donors (Lipinski definition) is 0. The molecule has 0 atom stereocenters. The van der Waals surface area contributed by atoms with Crippen molar-refractivity contribution in [3.63, 3.8) is 0 Å². The Morgan fingerprint density at radius 2 is 1.75 bits per heavy atom. The van der Waals surface area contributed by atoms with Crippen LogP contribution in [0.2, 0.25) is 5.02 Å². The van der Waals surface area contributed by atoms with Crippen molar-refractivity contribution >= 4 is 23.0 Å². The molecule has 0 N–H and O–H groups in total. The first-order chi connectivity index (χ1) is 15.5. The highest BCUT2D eigenvalue weighted by Gasteiger charge is 2.25. The van der Waals surface area contributed by atoms with Gasteiger partial charge in [0.05, 0.1) is 29.0 Å². The minimum absolute atomic E-state index is 0.0228. The van der Waals surface area contributed by atoms with Gasteiger partial charge in [0.25, 0.3) is 11.2 Å². The third-order valence-electron chi connectivity index (χ3n) is 5.33. The molecule has 10 nitrogen and oxygen atoms in total. The molecule has 5 rings (SSSR count). The van der Waals surface area contributed by atoms with Crippen molar-refractivity contribution in [2.75, 3.05) is 11.4 Å². The van der Waals surface area contributed by atoms with Crippen LogP contribution in [0.5, 0.6) is 0 Å². The fourth-order valence-electron chi connectivity index (χ4n) is 3.71. The Morgan fingerprint density at radius 1 is 1.00 bits per heavy atom. The van der Waals surface area contributed by atoms with E-state index in [1.807, 2.05) is 35.2 Å². The number of hydrogen-bond acceptors (Lipinski definition) is 7. The number of benzene rings is 2. The molecule has 0 radical (unpaired) electrons. The van der Waals surface area contributed by atoms with Gasteiger partial charge in [-0.1, -0.05) is 41.9 Å². The lowest BCUT2D eigenvalue weighted by Crippen LogP contribution is -2.36. The van der Waals surface area contributed by atoms with Crippen LogP contribution in [-0.2, 0) is 13.1 Å². The number of halogens is 1. The number of nitro groups is 1. The summed E-state index contributed by atoms with van der Waals surface area (Å²) < 4.78 is 3.18. The highest BCUT2D eigenvalue weighted by atomic mass is 35.5. The summed E-state index contributed by atoms with van der Waals surface area (Å²) in [5.74, 6) is 1.57. The average molecular weight is 450 g/mol. The minimum Gasteiger partial charge on any atom is -0.360 e. The van der Waals surface area contributed by atoms with Gasteiger partial charge in [0.2, 0.25) is 0 Å². The van der Waals surface area contributed by atoms with Gasteiger partial charge in [0, 0.05) is 30.8 Å². The van der Waals surface area contributed by atoms with Crippen LogP contribution in [-0.4, -0.2) is 36.0 Å². The number of nitrogens with zero attached hydrogens (tertiary/aromatic N) is 7. The number of anilines is 1. The molecule has 32 heavy (non-hydrogen) atoms. The molecular formula is C21H16ClN7O3. The van der Waals surface area contributed by atoms with Crippen molar-refractivity contribution in [2.45, 2.75) is 13.1 Å². The summed E-state index contributed by atoms with van der Waals surface area (Å²) in [6.45, 7) is 1.67. The van der Waals surface area contributed by atoms with E-state index in [0.29, 0.717) is 31.0 Å². The zero-order valence-corrected chi connectivity index (χ0v) is 17.4. The first-order valence-corrected chi connectivity index (χ1v) is 10.2. The second-order valence-electron chi connectivity index (χ2n) is 7.21. The van der Waals surface area contributed by atoms with Crippen LogP contribution >= 0.6 is 11.6 Å². The molecule has 0 unspecified atom stereocenters. The molecule has 0 bridgehead atoms. The normalized spacial score (nSPS) is 13.1. The van der Waals surface area contributed by atoms with E-state index in [1.165, 1.54) is 30.5 Å². The largest absolute Gasteiger partial charge is 0.360 e. The fourth-order valence-corrected chi connectivity index (χ4v) is 3.96. The van der Waals surface area contributed by atoms with Crippen LogP contribution in [0.15, 0.2) is 65.6 Å². The maximum atomic E-state index is 12.9. The van der Waals surface area contributed by atoms with E-state index < -0.39 is 10.5 Å². The summed E-state index contributed by atoms with van der Waals surface area (Å²) in [6, 6.07) is 15.4. The Hall–Kier alpha value is -4.05. The Kier molecular flexibility index (Phi) is 4.91. The molecule has 1 aliphatic rings. The van der Waals surface area contributed by atoms with Crippen LogP contribution in [0.1, 0.15) is 5.82 Å². The van der Waals surface area contributed by atoms with E-state index in [2.05, 4.69) is 19.9 Å². The van der Waals surface area contributed by atoms with Crippen LogP contribution < -0.4 is 10.5 Å². The van der Waals surface area contributed by atoms with Gasteiger partial charge in [-0.2, -0.15) is 9.78 Å². The molecular weight excluding hydrogens is 434 g/mol. The molecule has 0 saturated carbocycles. The Morgan fingerprint density at radius 3 is 2.47 bits per heavy atom. The SMILES string of the molecule is O=c1c(Cl)c(N2CCn3c(nnc3-c3ccccc3)C2)cnn1-c1ccc([N+](=O)[O-])cc1. The first kappa shape index (κ1) is 19.9. The zero-order valence-electron chi connectivity index (χ0n) is 16.6. The second-order valence-corrected chi connectivity index (χ2v) is 7.59. The molecule has 2 aromatic carbocycles. The summed E-state index contributed by atoms with van der Waals surface area (Å²) in [6.07, 6.45) is 1.52. The van der Waals surface area contributed by atoms with E-state index in [-0.39, 0.29) is 10.7 Å². The summed E-state index contributed by atoms with van der Waals surface area (Å²) in [4.78, 5) is 25.1. The van der Waals surface area contributed by atoms with Crippen LogP contribution in [0.25, 0.3) is 17.1 Å². The molecule has 0 amide bonds. The molecule has 0 aliphatic carbocycles. The van der Waals surface area contributed by atoms with Crippen LogP contribution in [0, 0.1) is 10.1 Å². The predicted molar refractivity (Wildman–Crippen MR) is 118 cm³/mol. The molecule has 160 valence electrons. The number of aromatic nitrogens is 5. The van der Waals surface area contributed by atoms with Crippen molar-refractivity contribution in [3.05, 3.63) is 92.1 Å². The molecule has 4 aromatic rings. The molecule has 2 aromatic heterocycles. The fraction of sp³-hybridized carbons (Fsp3) is 0.143. The van der Waals surface area contributed by atoms with Crippen molar-refractivity contribution in [2.24, 2.45) is 0 Å². The average Bonchev–Trinajstić information content (AvgIpc) is 3.25. The first-order valence-electron chi connectivity index (χ1n) is 9.78. The Bertz CT molecular complexity index is 1370. The lowest BCUT2D eigenvalue weighted by atomic mass is 10.2. The van der Waals surface area contributed by atoms with E-state index in [9.17, 15) is 14.9 Å². The van der Waals surface area contributed by atoms with Crippen LogP contribution in [0.4, 0.5) is 11.4 Å². The van der Waals surface area contributed by atoms with Gasteiger partial charge in [0.1, 0.15) is 5.02 Å². The maximum Gasteiger partial charge on any atom is 0.292 e.